The summed E-state index contributed by atoms with van der Waals surface area (Å²) >= 11 is 5.71. The van der Waals surface area contributed by atoms with E-state index in [1.165, 1.54) is 0 Å². The Balaban J connectivity index is 1.46. The first-order valence-corrected chi connectivity index (χ1v) is 14.0. The van der Waals surface area contributed by atoms with E-state index in [0.29, 0.717) is 23.6 Å². The van der Waals surface area contributed by atoms with Crippen LogP contribution in [0, 0.1) is 18.3 Å². The number of halogens is 1. The van der Waals surface area contributed by atoms with Crippen molar-refractivity contribution in [3.8, 4) is 23.8 Å². The van der Waals surface area contributed by atoms with Gasteiger partial charge in [-0.3, -0.25) is 14.4 Å². The quantitative estimate of drug-likeness (QED) is 0.201. The number of epoxide rings is 1. The van der Waals surface area contributed by atoms with Crippen LogP contribution in [-0.4, -0.2) is 54.7 Å². The fourth-order valence-electron chi connectivity index (χ4n) is 4.54. The van der Waals surface area contributed by atoms with Crippen LogP contribution in [0.3, 0.4) is 0 Å². The number of alkyl halides is 1. The molecular weight excluding hydrogens is 546 g/mol. The Morgan fingerprint density at radius 2 is 1.83 bits per heavy atom. The molecule has 0 spiro atoms. The molecule has 2 heterocycles. The fourth-order valence-corrected chi connectivity index (χ4v) is 4.61. The Morgan fingerprint density at radius 3 is 2.51 bits per heavy atom. The Morgan fingerprint density at radius 1 is 1.07 bits per heavy atom. The maximum absolute atomic E-state index is 13.4. The van der Waals surface area contributed by atoms with E-state index in [4.69, 9.17) is 32.2 Å². The van der Waals surface area contributed by atoms with E-state index >= 15 is 0 Å². The lowest BCUT2D eigenvalue weighted by Gasteiger charge is -2.24. The smallest absolute Gasteiger partial charge is 0.246 e. The van der Waals surface area contributed by atoms with Crippen LogP contribution >= 0.6 is 11.6 Å². The summed E-state index contributed by atoms with van der Waals surface area (Å²) in [6.07, 6.45) is 7.43. The van der Waals surface area contributed by atoms with Crippen LogP contribution in [0.15, 0.2) is 48.5 Å². The maximum atomic E-state index is 13.4. The highest BCUT2D eigenvalue weighted by Crippen LogP contribution is 2.39. The van der Waals surface area contributed by atoms with E-state index in [1.807, 2.05) is 32.9 Å². The lowest BCUT2D eigenvalue weighted by molar-refractivity contribution is -0.130. The lowest BCUT2D eigenvalue weighted by atomic mass is 10.0. The third-order valence-corrected chi connectivity index (χ3v) is 6.86. The number of terminal acetylenes is 1. The predicted octanol–water partition coefficient (Wildman–Crippen LogP) is 3.65. The largest absolute Gasteiger partial charge is 0.481 e. The number of carbonyl (C=O) groups excluding carboxylic acids is 3. The molecule has 0 radical (unpaired) electrons. The topological polar surface area (TPSA) is 118 Å². The second-order valence-electron chi connectivity index (χ2n) is 10.4. The van der Waals surface area contributed by atoms with Crippen molar-refractivity contribution in [2.24, 2.45) is 5.92 Å². The maximum Gasteiger partial charge on any atom is 0.246 e. The Labute approximate surface area is 244 Å². The van der Waals surface area contributed by atoms with Gasteiger partial charge in [-0.1, -0.05) is 31.9 Å². The molecular formula is C31H34ClN3O6. The van der Waals surface area contributed by atoms with Crippen LogP contribution in [0.1, 0.15) is 38.3 Å². The molecule has 0 aromatic heterocycles. The number of benzene rings is 2. The molecule has 4 rings (SSSR count). The highest BCUT2D eigenvalue weighted by molar-refractivity contribution is 6.27. The van der Waals surface area contributed by atoms with Crippen molar-refractivity contribution in [2.75, 3.05) is 17.8 Å². The number of anilines is 1. The minimum atomic E-state index is -0.955. The number of nitrogens with one attached hydrogen (secondary N) is 3. The molecule has 0 bridgehead atoms. The molecule has 3 N–H and O–H groups in total. The Hall–Kier alpha value is -4.00. The highest BCUT2D eigenvalue weighted by atomic mass is 35.5. The van der Waals surface area contributed by atoms with Crippen molar-refractivity contribution in [2.45, 2.75) is 58.1 Å². The van der Waals surface area contributed by atoms with E-state index in [9.17, 15) is 14.4 Å². The van der Waals surface area contributed by atoms with Gasteiger partial charge in [0.05, 0.1) is 0 Å². The summed E-state index contributed by atoms with van der Waals surface area (Å²) < 4.78 is 16.8. The van der Waals surface area contributed by atoms with Crippen molar-refractivity contribution in [3.63, 3.8) is 0 Å². The monoisotopic (exact) mass is 579 g/mol. The Kier molecular flexibility index (Phi) is 9.92. The molecule has 41 heavy (non-hydrogen) atoms. The molecule has 3 amide bonds. The molecule has 2 aromatic carbocycles. The number of hydrogen-bond acceptors (Lipinski definition) is 6. The van der Waals surface area contributed by atoms with Gasteiger partial charge in [0, 0.05) is 23.7 Å². The standard InChI is InChI=1S/C31H34ClN3O6/c1-5-12-39-22-9-6-20(7-10-22)15-25(34-28(36)17-32)30(38)35-24(13-18(2)3)29(37)33-21-8-11-23-19(4)14-27-31(41-27)40-26(23)16-21/h1,6-11,14,16,18,24-25,27,31H,12-13,15,17H2,2-4H3,(H,33,37)(H,34,36)(H,35,38)/t24-,25-,27?,31?/m0/s1. The zero-order valence-corrected chi connectivity index (χ0v) is 24.0. The van der Waals surface area contributed by atoms with Crippen LogP contribution < -0.4 is 25.4 Å². The van der Waals surface area contributed by atoms with Crippen molar-refractivity contribution < 1.29 is 28.6 Å². The number of ether oxygens (including phenoxy) is 3. The molecule has 0 saturated carbocycles. The molecule has 9 nitrogen and oxygen atoms in total. The molecule has 216 valence electrons. The summed E-state index contributed by atoms with van der Waals surface area (Å²) in [7, 11) is 0. The van der Waals surface area contributed by atoms with E-state index in [1.54, 1.807) is 36.4 Å². The van der Waals surface area contributed by atoms with Crippen molar-refractivity contribution in [1.29, 1.82) is 0 Å². The second kappa shape index (κ2) is 13.6. The first-order valence-electron chi connectivity index (χ1n) is 13.4. The van der Waals surface area contributed by atoms with Crippen LogP contribution in [0.4, 0.5) is 5.69 Å². The Bertz CT molecular complexity index is 1350. The minimum Gasteiger partial charge on any atom is -0.481 e. The van der Waals surface area contributed by atoms with E-state index in [2.05, 4.69) is 21.9 Å². The van der Waals surface area contributed by atoms with Crippen LogP contribution in [0.2, 0.25) is 0 Å². The minimum absolute atomic E-state index is 0.0574. The normalized spacial score (nSPS) is 18.2. The predicted molar refractivity (Wildman–Crippen MR) is 157 cm³/mol. The average Bonchev–Trinajstić information content (AvgIpc) is 3.69. The highest BCUT2D eigenvalue weighted by Gasteiger charge is 2.42. The molecule has 2 aromatic rings. The zero-order chi connectivity index (χ0) is 29.5. The second-order valence-corrected chi connectivity index (χ2v) is 10.7. The van der Waals surface area contributed by atoms with Crippen LogP contribution in [0.25, 0.3) is 5.57 Å². The lowest BCUT2D eigenvalue weighted by Crippen LogP contribution is -2.54. The van der Waals surface area contributed by atoms with Gasteiger partial charge in [-0.15, -0.1) is 18.0 Å². The number of rotatable bonds is 12. The van der Waals surface area contributed by atoms with Gasteiger partial charge < -0.3 is 30.2 Å². The molecule has 2 unspecified atom stereocenters. The molecule has 0 aliphatic carbocycles. The van der Waals surface area contributed by atoms with Gasteiger partial charge in [0.2, 0.25) is 24.0 Å². The van der Waals surface area contributed by atoms with Gasteiger partial charge in [-0.2, -0.15) is 0 Å². The van der Waals surface area contributed by atoms with Crippen molar-refractivity contribution >= 4 is 40.6 Å². The summed E-state index contributed by atoms with van der Waals surface area (Å²) in [4.78, 5) is 39.0. The van der Waals surface area contributed by atoms with Gasteiger partial charge in [0.25, 0.3) is 0 Å². The summed E-state index contributed by atoms with van der Waals surface area (Å²) in [6, 6.07) is 10.7. The van der Waals surface area contributed by atoms with Crippen LogP contribution in [-0.2, 0) is 25.5 Å². The number of amides is 3. The molecule has 10 heteroatoms. The van der Waals surface area contributed by atoms with Crippen molar-refractivity contribution in [1.82, 2.24) is 10.6 Å². The third kappa shape index (κ3) is 8.26. The summed E-state index contributed by atoms with van der Waals surface area (Å²) in [5, 5.41) is 8.39. The van der Waals surface area contributed by atoms with Gasteiger partial charge in [0.1, 0.15) is 42.2 Å². The number of carbonyl (C=O) groups is 3. The number of allylic oxidation sites excluding steroid dienone is 1. The summed E-state index contributed by atoms with van der Waals surface area (Å²) in [5.41, 5.74) is 3.27. The van der Waals surface area contributed by atoms with E-state index < -0.39 is 23.9 Å². The molecule has 2 aliphatic heterocycles. The third-order valence-electron chi connectivity index (χ3n) is 6.61. The number of fused-ring (bicyclic) bond motifs is 2. The molecule has 1 saturated heterocycles. The molecule has 2 aliphatic rings. The van der Waals surface area contributed by atoms with Crippen molar-refractivity contribution in [3.05, 3.63) is 59.7 Å². The van der Waals surface area contributed by atoms with E-state index in [-0.39, 0.29) is 43.1 Å². The molecule has 1 fully saturated rings. The van der Waals surface area contributed by atoms with E-state index in [0.717, 1.165) is 16.7 Å². The molecule has 4 atom stereocenters. The first-order chi connectivity index (χ1) is 19.7. The summed E-state index contributed by atoms with van der Waals surface area (Å²) in [6.45, 7) is 6.04. The van der Waals surface area contributed by atoms with Gasteiger partial charge in [-0.05, 0) is 60.7 Å². The van der Waals surface area contributed by atoms with Gasteiger partial charge in [-0.25, -0.2) is 0 Å². The average molecular weight is 580 g/mol. The first kappa shape index (κ1) is 30.0. The van der Waals surface area contributed by atoms with Gasteiger partial charge in [0.15, 0.2) is 0 Å². The summed E-state index contributed by atoms with van der Waals surface area (Å²) in [5.74, 6) is 2.02. The van der Waals surface area contributed by atoms with Gasteiger partial charge >= 0.3 is 0 Å². The SMILES string of the molecule is C#CCOc1ccc(C[C@H](NC(=O)CCl)C(=O)N[C@@H](CC(C)C)C(=O)Nc2ccc3c(c2)OC2OC2C=C3C)cc1. The van der Waals surface area contributed by atoms with Crippen LogP contribution in [0.5, 0.6) is 11.5 Å². The fraction of sp³-hybridized carbons (Fsp3) is 0.387. The number of hydrogen-bond donors (Lipinski definition) is 3. The zero-order valence-electron chi connectivity index (χ0n) is 23.2.